The van der Waals surface area contributed by atoms with Crippen molar-refractivity contribution >= 4 is 0 Å². The second-order valence-electron chi connectivity index (χ2n) is 6.85. The van der Waals surface area contributed by atoms with Gasteiger partial charge in [-0.1, -0.05) is 116 Å². The summed E-state index contributed by atoms with van der Waals surface area (Å²) in [5, 5.41) is 0. The number of methoxy groups -OCH3 is 1. The van der Waals surface area contributed by atoms with Crippen LogP contribution in [0.15, 0.2) is 0 Å². The molecule has 0 fully saturated rings. The molecular weight excluding hydrogens is 268 g/mol. The highest BCUT2D eigenvalue weighted by atomic mass is 16.5. The van der Waals surface area contributed by atoms with Crippen molar-refractivity contribution in [2.24, 2.45) is 0 Å². The summed E-state index contributed by atoms with van der Waals surface area (Å²) in [4.78, 5) is 0. The van der Waals surface area contributed by atoms with E-state index in [1.54, 1.807) is 7.11 Å². The van der Waals surface area contributed by atoms with Gasteiger partial charge >= 0.3 is 0 Å². The summed E-state index contributed by atoms with van der Waals surface area (Å²) in [6.45, 7) is 4.22. The lowest BCUT2D eigenvalue weighted by Gasteiger charge is -2.03. The number of rotatable bonds is 19. The summed E-state index contributed by atoms with van der Waals surface area (Å²) in [6, 6.07) is 0. The van der Waals surface area contributed by atoms with Crippen molar-refractivity contribution in [2.45, 2.75) is 122 Å². The zero-order valence-electron chi connectivity index (χ0n) is 15.7. The zero-order chi connectivity index (χ0) is 16.1. The van der Waals surface area contributed by atoms with Crippen LogP contribution in [-0.2, 0) is 4.74 Å². The van der Waals surface area contributed by atoms with E-state index in [0.29, 0.717) is 0 Å². The zero-order valence-corrected chi connectivity index (χ0v) is 15.7. The van der Waals surface area contributed by atoms with Crippen LogP contribution in [0.4, 0.5) is 0 Å². The number of unbranched alkanes of at least 4 members (excludes halogenated alkanes) is 17. The quantitative estimate of drug-likeness (QED) is 0.221. The minimum absolute atomic E-state index is 1.12. The number of ether oxygens (including phenoxy) is 1. The molecule has 0 amide bonds. The van der Waals surface area contributed by atoms with Crippen LogP contribution in [0.25, 0.3) is 0 Å². The van der Waals surface area contributed by atoms with Crippen LogP contribution in [0.2, 0.25) is 0 Å². The van der Waals surface area contributed by atoms with Gasteiger partial charge in [0.05, 0.1) is 6.61 Å². The standard InChI is InChI=1S/C21H43O/c1-3-4-5-6-7-8-9-10-11-12-13-14-15-16-17-18-19-20-21-22-2/h21H,3-20H2,1-2H3. The molecule has 0 spiro atoms. The van der Waals surface area contributed by atoms with Crippen molar-refractivity contribution in [3.05, 3.63) is 6.61 Å². The lowest BCUT2D eigenvalue weighted by Crippen LogP contribution is -1.84. The molecule has 0 aromatic carbocycles. The van der Waals surface area contributed by atoms with Crippen LogP contribution in [-0.4, -0.2) is 7.11 Å². The van der Waals surface area contributed by atoms with E-state index in [0.717, 1.165) is 6.42 Å². The molecule has 0 bridgehead atoms. The average Bonchev–Trinajstić information content (AvgIpc) is 2.54. The maximum atomic E-state index is 4.95. The van der Waals surface area contributed by atoms with E-state index in [4.69, 9.17) is 4.74 Å². The van der Waals surface area contributed by atoms with Gasteiger partial charge in [-0.3, -0.25) is 0 Å². The molecule has 0 atom stereocenters. The Labute approximate surface area is 141 Å². The first-order chi connectivity index (χ1) is 10.9. The molecule has 0 rings (SSSR count). The van der Waals surface area contributed by atoms with Crippen molar-refractivity contribution in [1.29, 1.82) is 0 Å². The third kappa shape index (κ3) is 20.0. The molecule has 1 heteroatoms. The predicted molar refractivity (Wildman–Crippen MR) is 100 cm³/mol. The summed E-state index contributed by atoms with van der Waals surface area (Å²) in [6.07, 6.45) is 25.6. The van der Waals surface area contributed by atoms with Crippen molar-refractivity contribution in [2.75, 3.05) is 7.11 Å². The lowest BCUT2D eigenvalue weighted by atomic mass is 10.0. The molecular formula is C21H43O. The third-order valence-electron chi connectivity index (χ3n) is 4.59. The van der Waals surface area contributed by atoms with Crippen LogP contribution in [0.1, 0.15) is 122 Å². The summed E-state index contributed by atoms with van der Waals surface area (Å²) >= 11 is 0. The minimum atomic E-state index is 1.12. The molecule has 133 valence electrons. The fourth-order valence-corrected chi connectivity index (χ4v) is 3.07. The SMILES string of the molecule is CCCCCCCCCCCCCCCCCCC[CH]OC. The van der Waals surface area contributed by atoms with Crippen LogP contribution in [0.5, 0.6) is 0 Å². The maximum absolute atomic E-state index is 4.95. The van der Waals surface area contributed by atoms with Crippen molar-refractivity contribution in [3.63, 3.8) is 0 Å². The Morgan fingerprint density at radius 3 is 1.14 bits per heavy atom. The van der Waals surface area contributed by atoms with Crippen LogP contribution in [0, 0.1) is 6.61 Å². The van der Waals surface area contributed by atoms with Gasteiger partial charge < -0.3 is 4.74 Å². The Morgan fingerprint density at radius 2 is 0.818 bits per heavy atom. The van der Waals surface area contributed by atoms with Gasteiger partial charge in [0, 0.05) is 7.11 Å². The largest absolute Gasteiger partial charge is 0.379 e. The second kappa shape index (κ2) is 21.0. The third-order valence-corrected chi connectivity index (χ3v) is 4.59. The first-order valence-corrected chi connectivity index (χ1v) is 10.3. The van der Waals surface area contributed by atoms with E-state index < -0.39 is 0 Å². The molecule has 0 N–H and O–H groups in total. The Morgan fingerprint density at radius 1 is 0.500 bits per heavy atom. The van der Waals surface area contributed by atoms with E-state index in [1.165, 1.54) is 109 Å². The Kier molecular flexibility index (Phi) is 20.9. The molecule has 1 radical (unpaired) electrons. The van der Waals surface area contributed by atoms with Crippen LogP contribution >= 0.6 is 0 Å². The summed E-state index contributed by atoms with van der Waals surface area (Å²) in [5.74, 6) is 0. The first kappa shape index (κ1) is 22.0. The average molecular weight is 312 g/mol. The topological polar surface area (TPSA) is 9.23 Å². The van der Waals surface area contributed by atoms with Gasteiger partial charge in [-0.2, -0.15) is 0 Å². The van der Waals surface area contributed by atoms with Gasteiger partial charge in [0.1, 0.15) is 0 Å². The molecule has 22 heavy (non-hydrogen) atoms. The monoisotopic (exact) mass is 311 g/mol. The summed E-state index contributed by atoms with van der Waals surface area (Å²) in [5.41, 5.74) is 0. The van der Waals surface area contributed by atoms with Crippen LogP contribution < -0.4 is 0 Å². The molecule has 0 saturated heterocycles. The van der Waals surface area contributed by atoms with E-state index in [2.05, 4.69) is 6.92 Å². The molecule has 0 aliphatic carbocycles. The van der Waals surface area contributed by atoms with E-state index >= 15 is 0 Å². The van der Waals surface area contributed by atoms with Crippen molar-refractivity contribution in [1.82, 2.24) is 0 Å². The van der Waals surface area contributed by atoms with E-state index in [1.807, 2.05) is 6.61 Å². The van der Waals surface area contributed by atoms with E-state index in [-0.39, 0.29) is 0 Å². The molecule has 0 aliphatic rings. The molecule has 0 aromatic rings. The highest BCUT2D eigenvalue weighted by Crippen LogP contribution is 2.14. The lowest BCUT2D eigenvalue weighted by molar-refractivity contribution is 0.262. The number of hydrogen-bond donors (Lipinski definition) is 0. The molecule has 0 saturated carbocycles. The fourth-order valence-electron chi connectivity index (χ4n) is 3.07. The van der Waals surface area contributed by atoms with Gasteiger partial charge in [-0.25, -0.2) is 0 Å². The molecule has 0 unspecified atom stereocenters. The Bertz CT molecular complexity index is 159. The Balaban J connectivity index is 2.91. The molecule has 0 aromatic heterocycles. The normalized spacial score (nSPS) is 11.2. The first-order valence-electron chi connectivity index (χ1n) is 10.3. The van der Waals surface area contributed by atoms with Crippen molar-refractivity contribution < 1.29 is 4.74 Å². The van der Waals surface area contributed by atoms with E-state index in [9.17, 15) is 0 Å². The van der Waals surface area contributed by atoms with Crippen LogP contribution in [0.3, 0.4) is 0 Å². The second-order valence-corrected chi connectivity index (χ2v) is 6.85. The fraction of sp³-hybridized carbons (Fsp3) is 0.952. The summed E-state index contributed by atoms with van der Waals surface area (Å²) in [7, 11) is 1.74. The Hall–Kier alpha value is -0.0400. The molecule has 1 nitrogen and oxygen atoms in total. The highest BCUT2D eigenvalue weighted by molar-refractivity contribution is 4.52. The summed E-state index contributed by atoms with van der Waals surface area (Å²) < 4.78 is 4.95. The number of hydrogen-bond acceptors (Lipinski definition) is 1. The molecule has 0 heterocycles. The van der Waals surface area contributed by atoms with Gasteiger partial charge in [0.15, 0.2) is 0 Å². The highest BCUT2D eigenvalue weighted by Gasteiger charge is 1.95. The van der Waals surface area contributed by atoms with Gasteiger partial charge in [0.25, 0.3) is 0 Å². The van der Waals surface area contributed by atoms with Gasteiger partial charge in [-0.15, -0.1) is 0 Å². The van der Waals surface area contributed by atoms with Gasteiger partial charge in [-0.05, 0) is 6.42 Å². The maximum Gasteiger partial charge on any atom is 0.0832 e. The van der Waals surface area contributed by atoms with Gasteiger partial charge in [0.2, 0.25) is 0 Å². The minimum Gasteiger partial charge on any atom is -0.379 e. The smallest absolute Gasteiger partial charge is 0.0832 e. The molecule has 0 aliphatic heterocycles. The predicted octanol–water partition coefficient (Wildman–Crippen LogP) is 7.84. The van der Waals surface area contributed by atoms with Crippen molar-refractivity contribution in [3.8, 4) is 0 Å².